The Morgan fingerprint density at radius 1 is 1.25 bits per heavy atom. The van der Waals surface area contributed by atoms with Crippen molar-refractivity contribution in [1.82, 2.24) is 20.1 Å². The Bertz CT molecular complexity index is 859. The van der Waals surface area contributed by atoms with Crippen molar-refractivity contribution in [2.24, 2.45) is 7.05 Å². The van der Waals surface area contributed by atoms with Gasteiger partial charge in [-0.3, -0.25) is 14.5 Å². The largest absolute Gasteiger partial charge is 0.348 e. The summed E-state index contributed by atoms with van der Waals surface area (Å²) < 4.78 is 1.74. The molecule has 1 amide bonds. The second-order valence-electron chi connectivity index (χ2n) is 5.30. The van der Waals surface area contributed by atoms with E-state index in [2.05, 4.69) is 15.4 Å². The number of benzene rings is 1. The third-order valence-corrected chi connectivity index (χ3v) is 4.46. The van der Waals surface area contributed by atoms with Crippen molar-refractivity contribution in [2.75, 3.05) is 6.26 Å². The lowest BCUT2D eigenvalue weighted by atomic mass is 10.1. The van der Waals surface area contributed by atoms with Crippen molar-refractivity contribution in [3.8, 4) is 11.3 Å². The number of amides is 1. The van der Waals surface area contributed by atoms with Crippen LogP contribution in [0.4, 0.5) is 0 Å². The molecule has 3 aromatic rings. The molecule has 2 heterocycles. The fourth-order valence-electron chi connectivity index (χ4n) is 2.49. The number of hydrogen-bond donors (Lipinski definition) is 1. The number of hydrogen-bond acceptors (Lipinski definition) is 4. The Balaban J connectivity index is 1.79. The maximum atomic E-state index is 12.5. The monoisotopic (exact) mass is 338 g/mol. The van der Waals surface area contributed by atoms with Crippen LogP contribution in [-0.4, -0.2) is 26.9 Å². The molecule has 0 atom stereocenters. The summed E-state index contributed by atoms with van der Waals surface area (Å²) in [6, 6.07) is 11.4. The van der Waals surface area contributed by atoms with E-state index in [9.17, 15) is 4.79 Å². The van der Waals surface area contributed by atoms with Crippen molar-refractivity contribution in [3.63, 3.8) is 0 Å². The summed E-state index contributed by atoms with van der Waals surface area (Å²) >= 11 is 1.56. The minimum absolute atomic E-state index is 0.0825. The predicted octanol–water partition coefficient (Wildman–Crippen LogP) is 3.13. The molecule has 0 saturated heterocycles. The molecule has 0 aliphatic rings. The van der Waals surface area contributed by atoms with Crippen LogP contribution in [-0.2, 0) is 13.6 Å². The minimum Gasteiger partial charge on any atom is -0.348 e. The Morgan fingerprint density at radius 3 is 2.83 bits per heavy atom. The summed E-state index contributed by atoms with van der Waals surface area (Å²) in [5.74, 6) is -0.0825. The minimum atomic E-state index is -0.0825. The molecule has 0 bridgehead atoms. The van der Waals surface area contributed by atoms with Crippen LogP contribution in [0.5, 0.6) is 0 Å². The van der Waals surface area contributed by atoms with E-state index in [0.29, 0.717) is 12.1 Å². The molecule has 5 nitrogen and oxygen atoms in total. The quantitative estimate of drug-likeness (QED) is 0.726. The molecule has 0 radical (unpaired) electrons. The molecule has 0 spiro atoms. The van der Waals surface area contributed by atoms with E-state index >= 15 is 0 Å². The number of pyridine rings is 1. The normalized spacial score (nSPS) is 10.6. The van der Waals surface area contributed by atoms with Crippen LogP contribution < -0.4 is 5.32 Å². The number of thioether (sulfide) groups is 1. The third-order valence-electron chi connectivity index (χ3n) is 3.66. The highest BCUT2D eigenvalue weighted by molar-refractivity contribution is 7.98. The Hall–Kier alpha value is -2.60. The third kappa shape index (κ3) is 3.49. The topological polar surface area (TPSA) is 59.8 Å². The molecular weight excluding hydrogens is 320 g/mol. The van der Waals surface area contributed by atoms with Crippen LogP contribution in [0.15, 0.2) is 59.9 Å². The molecule has 1 N–H and O–H groups in total. The van der Waals surface area contributed by atoms with Crippen LogP contribution in [0.2, 0.25) is 0 Å². The molecule has 122 valence electrons. The van der Waals surface area contributed by atoms with Gasteiger partial charge in [-0.2, -0.15) is 5.10 Å². The highest BCUT2D eigenvalue weighted by Crippen LogP contribution is 2.22. The van der Waals surface area contributed by atoms with E-state index in [0.717, 1.165) is 21.7 Å². The molecule has 2 aromatic heterocycles. The highest BCUT2D eigenvalue weighted by atomic mass is 32.2. The Morgan fingerprint density at radius 2 is 2.08 bits per heavy atom. The lowest BCUT2D eigenvalue weighted by Gasteiger charge is -2.10. The standard InChI is InChI=1S/C18H18N4OS/c1-22-12-14(11-21-22)17-13(6-5-9-19-17)10-20-18(23)15-7-3-4-8-16(15)24-2/h3-9,11-12H,10H2,1-2H3,(H,20,23). The number of aromatic nitrogens is 3. The maximum absolute atomic E-state index is 12.5. The lowest BCUT2D eigenvalue weighted by molar-refractivity contribution is 0.0948. The second kappa shape index (κ2) is 7.31. The van der Waals surface area contributed by atoms with E-state index in [4.69, 9.17) is 0 Å². The summed E-state index contributed by atoms with van der Waals surface area (Å²) in [5.41, 5.74) is 3.42. The lowest BCUT2D eigenvalue weighted by Crippen LogP contribution is -2.23. The van der Waals surface area contributed by atoms with Gasteiger partial charge in [0.05, 0.1) is 17.5 Å². The molecule has 0 fully saturated rings. The molecule has 0 aliphatic heterocycles. The van der Waals surface area contributed by atoms with Gasteiger partial charge >= 0.3 is 0 Å². The van der Waals surface area contributed by atoms with Gasteiger partial charge in [-0.15, -0.1) is 11.8 Å². The Labute approximate surface area is 145 Å². The number of rotatable bonds is 5. The van der Waals surface area contributed by atoms with Gasteiger partial charge in [-0.25, -0.2) is 0 Å². The number of nitrogens with one attached hydrogen (secondary N) is 1. The van der Waals surface area contributed by atoms with Gasteiger partial charge in [-0.05, 0) is 30.0 Å². The summed E-state index contributed by atoms with van der Waals surface area (Å²) in [6.45, 7) is 0.416. The van der Waals surface area contributed by atoms with Crippen LogP contribution >= 0.6 is 11.8 Å². The van der Waals surface area contributed by atoms with Crippen LogP contribution in [0.1, 0.15) is 15.9 Å². The zero-order valence-electron chi connectivity index (χ0n) is 13.6. The zero-order chi connectivity index (χ0) is 16.9. The molecule has 0 unspecified atom stereocenters. The van der Waals surface area contributed by atoms with Gasteiger partial charge in [0.25, 0.3) is 5.91 Å². The van der Waals surface area contributed by atoms with E-state index < -0.39 is 0 Å². The molecule has 24 heavy (non-hydrogen) atoms. The van der Waals surface area contributed by atoms with Crippen molar-refractivity contribution in [1.29, 1.82) is 0 Å². The molecule has 6 heteroatoms. The first-order valence-electron chi connectivity index (χ1n) is 7.53. The fraction of sp³-hybridized carbons (Fsp3) is 0.167. The molecule has 0 saturated carbocycles. The van der Waals surface area contributed by atoms with Crippen molar-refractivity contribution < 1.29 is 4.79 Å². The second-order valence-corrected chi connectivity index (χ2v) is 6.14. The van der Waals surface area contributed by atoms with Gasteiger partial charge in [-0.1, -0.05) is 18.2 Å². The molecular formula is C18H18N4OS. The van der Waals surface area contributed by atoms with Gasteiger partial charge < -0.3 is 5.32 Å². The number of carbonyl (C=O) groups excluding carboxylic acids is 1. The first-order valence-corrected chi connectivity index (χ1v) is 8.75. The summed E-state index contributed by atoms with van der Waals surface area (Å²) in [4.78, 5) is 17.9. The van der Waals surface area contributed by atoms with Crippen molar-refractivity contribution >= 4 is 17.7 Å². The smallest absolute Gasteiger partial charge is 0.252 e. The summed E-state index contributed by atoms with van der Waals surface area (Å²) in [5, 5.41) is 7.17. The van der Waals surface area contributed by atoms with Crippen molar-refractivity contribution in [2.45, 2.75) is 11.4 Å². The van der Waals surface area contributed by atoms with Gasteiger partial charge in [0.2, 0.25) is 0 Å². The SMILES string of the molecule is CSc1ccccc1C(=O)NCc1cccnc1-c1cnn(C)c1. The van der Waals surface area contributed by atoms with Gasteiger partial charge in [0, 0.05) is 36.4 Å². The number of nitrogens with zero attached hydrogens (tertiary/aromatic N) is 3. The van der Waals surface area contributed by atoms with E-state index in [-0.39, 0.29) is 5.91 Å². The van der Waals surface area contributed by atoms with E-state index in [1.165, 1.54) is 0 Å². The summed E-state index contributed by atoms with van der Waals surface area (Å²) in [6.07, 6.45) is 7.40. The average molecular weight is 338 g/mol. The number of carbonyl (C=O) groups is 1. The molecule has 1 aromatic carbocycles. The molecule has 0 aliphatic carbocycles. The highest BCUT2D eigenvalue weighted by Gasteiger charge is 2.12. The van der Waals surface area contributed by atoms with Crippen LogP contribution in [0.3, 0.4) is 0 Å². The van der Waals surface area contributed by atoms with Crippen LogP contribution in [0, 0.1) is 0 Å². The maximum Gasteiger partial charge on any atom is 0.252 e. The predicted molar refractivity (Wildman–Crippen MR) is 95.8 cm³/mol. The zero-order valence-corrected chi connectivity index (χ0v) is 14.4. The first kappa shape index (κ1) is 16.3. The first-order chi connectivity index (χ1) is 11.7. The molecule has 3 rings (SSSR count). The van der Waals surface area contributed by atoms with E-state index in [1.54, 1.807) is 28.8 Å². The fourth-order valence-corrected chi connectivity index (χ4v) is 3.08. The van der Waals surface area contributed by atoms with Crippen LogP contribution in [0.25, 0.3) is 11.3 Å². The van der Waals surface area contributed by atoms with Gasteiger partial charge in [0.15, 0.2) is 0 Å². The Kier molecular flexibility index (Phi) is 4.96. The van der Waals surface area contributed by atoms with Gasteiger partial charge in [0.1, 0.15) is 0 Å². The van der Waals surface area contributed by atoms with Crippen molar-refractivity contribution in [3.05, 3.63) is 66.1 Å². The average Bonchev–Trinajstić information content (AvgIpc) is 3.06. The number of aryl methyl sites for hydroxylation is 1. The summed E-state index contributed by atoms with van der Waals surface area (Å²) in [7, 11) is 1.87. The van der Waals surface area contributed by atoms with E-state index in [1.807, 2.05) is 55.9 Å².